The van der Waals surface area contributed by atoms with Gasteiger partial charge in [0.25, 0.3) is 0 Å². The van der Waals surface area contributed by atoms with Gasteiger partial charge in [0.1, 0.15) is 0 Å². The molecule has 0 aliphatic heterocycles. The first-order valence-corrected chi connectivity index (χ1v) is 3.39. The second kappa shape index (κ2) is 2.45. The molecule has 0 aliphatic carbocycles. The van der Waals surface area contributed by atoms with Crippen molar-refractivity contribution in [1.29, 1.82) is 0 Å². The quantitative estimate of drug-likeness (QED) is 0.583. The summed E-state index contributed by atoms with van der Waals surface area (Å²) in [6.07, 6.45) is 1.60. The van der Waals surface area contributed by atoms with Crippen LogP contribution in [-0.4, -0.2) is 9.78 Å². The zero-order valence-electron chi connectivity index (χ0n) is 9.55. The van der Waals surface area contributed by atoms with Crippen LogP contribution in [0.1, 0.15) is 35.1 Å². The zero-order valence-corrected chi connectivity index (χ0v) is 6.55. The minimum atomic E-state index is -2.15. The van der Waals surface area contributed by atoms with E-state index in [9.17, 15) is 0 Å². The highest BCUT2D eigenvalue weighted by Gasteiger charge is 2.05. The van der Waals surface area contributed by atoms with E-state index in [0.717, 1.165) is 15.9 Å². The maximum atomic E-state index is 7.16. The van der Waals surface area contributed by atoms with Crippen molar-refractivity contribution in [3.05, 3.63) is 17.5 Å². The number of hydrogen-bond acceptors (Lipinski definition) is 1. The van der Waals surface area contributed by atoms with Gasteiger partial charge in [-0.3, -0.25) is 4.68 Å². The van der Waals surface area contributed by atoms with Crippen molar-refractivity contribution in [1.82, 2.24) is 9.78 Å². The Labute approximate surface area is 66.1 Å². The lowest BCUT2D eigenvalue weighted by atomic mass is 10.1. The highest BCUT2D eigenvalue weighted by atomic mass is 15.2. The molecule has 1 rings (SSSR count). The van der Waals surface area contributed by atoms with Crippen LogP contribution in [0.4, 0.5) is 0 Å². The van der Waals surface area contributed by atoms with E-state index in [-0.39, 0.29) is 0 Å². The van der Waals surface area contributed by atoms with Gasteiger partial charge in [0.15, 0.2) is 0 Å². The summed E-state index contributed by atoms with van der Waals surface area (Å²) in [5.41, 5.74) is 1.79. The number of aryl methyl sites for hydroxylation is 2. The molecule has 0 spiro atoms. The first-order valence-electron chi connectivity index (χ1n) is 4.89. The van der Waals surface area contributed by atoms with Gasteiger partial charge in [-0.15, -0.1) is 0 Å². The Morgan fingerprint density at radius 1 is 1.70 bits per heavy atom. The van der Waals surface area contributed by atoms with Crippen LogP contribution in [0.5, 0.6) is 0 Å². The molecule has 1 aromatic heterocycles. The van der Waals surface area contributed by atoms with Gasteiger partial charge in [0.05, 0.1) is 5.69 Å². The van der Waals surface area contributed by atoms with Crippen molar-refractivity contribution in [3.8, 4) is 0 Å². The first-order chi connectivity index (χ1) is 5.82. The van der Waals surface area contributed by atoms with Crippen LogP contribution in [0.3, 0.4) is 0 Å². The van der Waals surface area contributed by atoms with Crippen LogP contribution in [-0.2, 0) is 6.98 Å². The fourth-order valence-corrected chi connectivity index (χ4v) is 1.04. The van der Waals surface area contributed by atoms with E-state index in [2.05, 4.69) is 5.10 Å². The van der Waals surface area contributed by atoms with E-state index in [1.807, 2.05) is 20.8 Å². The van der Waals surface area contributed by atoms with Crippen molar-refractivity contribution in [2.75, 3.05) is 0 Å². The molecule has 1 heterocycles. The predicted molar refractivity (Wildman–Crippen MR) is 42.0 cm³/mol. The molecular weight excluding hydrogens is 124 g/mol. The van der Waals surface area contributed by atoms with E-state index >= 15 is 0 Å². The minimum absolute atomic E-state index is 0.316. The van der Waals surface area contributed by atoms with Crippen LogP contribution in [0.2, 0.25) is 0 Å². The molecule has 0 saturated carbocycles. The maximum Gasteiger partial charge on any atom is 0.0628 e. The van der Waals surface area contributed by atoms with E-state index < -0.39 is 6.98 Å². The maximum absolute atomic E-state index is 7.16. The van der Waals surface area contributed by atoms with Gasteiger partial charge >= 0.3 is 0 Å². The molecule has 0 radical (unpaired) electrons. The van der Waals surface area contributed by atoms with Crippen LogP contribution >= 0.6 is 0 Å². The lowest BCUT2D eigenvalue weighted by Gasteiger charge is -1.99. The topological polar surface area (TPSA) is 17.8 Å². The van der Waals surface area contributed by atoms with Crippen LogP contribution in [0, 0.1) is 6.92 Å². The molecule has 0 amide bonds. The molecule has 0 N–H and O–H groups in total. The van der Waals surface area contributed by atoms with Crippen molar-refractivity contribution in [2.45, 2.75) is 26.7 Å². The van der Waals surface area contributed by atoms with Gasteiger partial charge in [-0.25, -0.2) is 0 Å². The second-order valence-corrected chi connectivity index (χ2v) is 2.77. The number of nitrogens with zero attached hydrogens (tertiary/aromatic N) is 2. The van der Waals surface area contributed by atoms with Crippen molar-refractivity contribution >= 4 is 0 Å². The van der Waals surface area contributed by atoms with Crippen LogP contribution in [0.15, 0.2) is 6.20 Å². The van der Waals surface area contributed by atoms with Gasteiger partial charge < -0.3 is 0 Å². The Balaban J connectivity index is 3.10. The number of rotatable bonds is 1. The molecule has 10 heavy (non-hydrogen) atoms. The SMILES string of the molecule is [2H]C([2H])([2H])n1cc(C(C)C)c(C)n1. The Morgan fingerprint density at radius 2 is 2.40 bits per heavy atom. The van der Waals surface area contributed by atoms with E-state index in [0.29, 0.717) is 5.92 Å². The summed E-state index contributed by atoms with van der Waals surface area (Å²) in [5, 5.41) is 3.96. The number of aromatic nitrogens is 2. The van der Waals surface area contributed by atoms with Gasteiger partial charge in [-0.1, -0.05) is 13.8 Å². The highest BCUT2D eigenvalue weighted by Crippen LogP contribution is 2.16. The van der Waals surface area contributed by atoms with Crippen molar-refractivity contribution in [2.24, 2.45) is 6.98 Å². The third kappa shape index (κ3) is 1.20. The van der Waals surface area contributed by atoms with Gasteiger partial charge in [-0.05, 0) is 18.4 Å². The second-order valence-electron chi connectivity index (χ2n) is 2.77. The number of hydrogen-bond donors (Lipinski definition) is 0. The summed E-state index contributed by atoms with van der Waals surface area (Å²) < 4.78 is 22.5. The molecular formula is C8H14N2. The van der Waals surface area contributed by atoms with E-state index in [1.165, 1.54) is 0 Å². The third-order valence-electron chi connectivity index (χ3n) is 1.56. The van der Waals surface area contributed by atoms with Crippen LogP contribution < -0.4 is 0 Å². The molecule has 0 saturated heterocycles. The molecule has 2 nitrogen and oxygen atoms in total. The lowest BCUT2D eigenvalue weighted by Crippen LogP contribution is -1.86. The summed E-state index contributed by atoms with van der Waals surface area (Å²) in [7, 11) is 0. The Morgan fingerprint density at radius 3 is 2.70 bits per heavy atom. The molecule has 0 unspecified atom stereocenters. The summed E-state index contributed by atoms with van der Waals surface area (Å²) in [5.74, 6) is 0.316. The zero-order chi connectivity index (χ0) is 10.2. The third-order valence-corrected chi connectivity index (χ3v) is 1.56. The predicted octanol–water partition coefficient (Wildman–Crippen LogP) is 1.85. The fraction of sp³-hybridized carbons (Fsp3) is 0.625. The molecule has 2 heteroatoms. The van der Waals surface area contributed by atoms with Crippen molar-refractivity contribution in [3.63, 3.8) is 0 Å². The Bertz CT molecular complexity index is 299. The first kappa shape index (κ1) is 4.16. The minimum Gasteiger partial charge on any atom is -0.275 e. The molecule has 0 bridgehead atoms. The summed E-state index contributed by atoms with van der Waals surface area (Å²) >= 11 is 0. The summed E-state index contributed by atoms with van der Waals surface area (Å²) in [6, 6.07) is 0. The summed E-state index contributed by atoms with van der Waals surface area (Å²) in [4.78, 5) is 0. The Hall–Kier alpha value is -0.790. The Kier molecular flexibility index (Phi) is 1.02. The normalized spacial score (nSPS) is 16.6. The smallest absolute Gasteiger partial charge is 0.0628 e. The molecule has 1 aromatic rings. The lowest BCUT2D eigenvalue weighted by molar-refractivity contribution is 0.756. The van der Waals surface area contributed by atoms with Gasteiger partial charge in [0, 0.05) is 17.3 Å². The average Bonchev–Trinajstić information content (AvgIpc) is 2.29. The molecule has 0 fully saturated rings. The monoisotopic (exact) mass is 141 g/mol. The average molecular weight is 141 g/mol. The molecule has 56 valence electrons. The highest BCUT2D eigenvalue weighted by molar-refractivity contribution is 5.18. The van der Waals surface area contributed by atoms with E-state index in [4.69, 9.17) is 4.11 Å². The molecule has 0 aromatic carbocycles. The largest absolute Gasteiger partial charge is 0.275 e. The van der Waals surface area contributed by atoms with Crippen LogP contribution in [0.25, 0.3) is 0 Å². The summed E-state index contributed by atoms with van der Waals surface area (Å²) in [6.45, 7) is 3.72. The molecule has 0 atom stereocenters. The fourth-order valence-electron chi connectivity index (χ4n) is 1.04. The van der Waals surface area contributed by atoms with Gasteiger partial charge in [0.2, 0.25) is 0 Å². The standard InChI is InChI=1S/C8H14N2/c1-6(2)8-5-10(4)9-7(8)3/h5-6H,1-4H3/i4D3. The van der Waals surface area contributed by atoms with Gasteiger partial charge in [-0.2, -0.15) is 5.10 Å². The molecule has 0 aliphatic rings. The van der Waals surface area contributed by atoms with Crippen molar-refractivity contribution < 1.29 is 4.11 Å². The van der Waals surface area contributed by atoms with E-state index in [1.54, 1.807) is 6.20 Å².